The lowest BCUT2D eigenvalue weighted by molar-refractivity contribution is 0.315. The molecule has 1 N–H and O–H groups in total. The van der Waals surface area contributed by atoms with Gasteiger partial charge in [0.25, 0.3) is 0 Å². The van der Waals surface area contributed by atoms with Crippen LogP contribution in [0.3, 0.4) is 0 Å². The fourth-order valence-corrected chi connectivity index (χ4v) is 4.45. The molecule has 0 aromatic heterocycles. The molecular formula is C18H27N. The van der Waals surface area contributed by atoms with Crippen molar-refractivity contribution in [3.05, 3.63) is 35.4 Å². The average Bonchev–Trinajstić information content (AvgIpc) is 2.80. The van der Waals surface area contributed by atoms with Gasteiger partial charge in [-0.2, -0.15) is 0 Å². The Bertz CT molecular complexity index is 425. The highest BCUT2D eigenvalue weighted by Gasteiger charge is 2.34. The molecule has 0 amide bonds. The first kappa shape index (κ1) is 13.2. The molecule has 0 radical (unpaired) electrons. The number of hydrogen-bond acceptors (Lipinski definition) is 1. The minimum atomic E-state index is 0.754. The van der Waals surface area contributed by atoms with Crippen LogP contribution in [0.15, 0.2) is 24.3 Å². The second-order valence-electron chi connectivity index (χ2n) is 6.62. The van der Waals surface area contributed by atoms with E-state index in [1.165, 1.54) is 38.5 Å². The zero-order valence-corrected chi connectivity index (χ0v) is 12.4. The Balaban J connectivity index is 1.71. The van der Waals surface area contributed by atoms with Crippen LogP contribution in [0.4, 0.5) is 0 Å². The van der Waals surface area contributed by atoms with E-state index in [4.69, 9.17) is 0 Å². The lowest BCUT2D eigenvalue weighted by atomic mass is 9.76. The van der Waals surface area contributed by atoms with Crippen LogP contribution in [0.1, 0.15) is 56.1 Å². The largest absolute Gasteiger partial charge is 0.317 e. The van der Waals surface area contributed by atoms with Crippen molar-refractivity contribution < 1.29 is 0 Å². The third-order valence-electron chi connectivity index (χ3n) is 5.68. The van der Waals surface area contributed by atoms with Gasteiger partial charge in [-0.3, -0.25) is 0 Å². The van der Waals surface area contributed by atoms with Gasteiger partial charge in [-0.15, -0.1) is 0 Å². The highest BCUT2D eigenvalue weighted by Crippen LogP contribution is 2.42. The van der Waals surface area contributed by atoms with Crippen LogP contribution in [0, 0.1) is 11.8 Å². The van der Waals surface area contributed by atoms with Crippen molar-refractivity contribution in [1.29, 1.82) is 0 Å². The summed E-state index contributed by atoms with van der Waals surface area (Å²) in [5.41, 5.74) is 3.28. The van der Waals surface area contributed by atoms with Gasteiger partial charge >= 0.3 is 0 Å². The van der Waals surface area contributed by atoms with Crippen molar-refractivity contribution in [3.8, 4) is 0 Å². The fraction of sp³-hybridized carbons (Fsp3) is 0.667. The molecule has 0 heterocycles. The predicted molar refractivity (Wildman–Crippen MR) is 81.5 cm³/mol. The van der Waals surface area contributed by atoms with E-state index in [1.54, 1.807) is 11.1 Å². The summed E-state index contributed by atoms with van der Waals surface area (Å²) >= 11 is 0. The van der Waals surface area contributed by atoms with Crippen molar-refractivity contribution in [2.45, 2.75) is 57.4 Å². The summed E-state index contributed by atoms with van der Waals surface area (Å²) in [7, 11) is 2.12. The molecule has 2 aliphatic carbocycles. The van der Waals surface area contributed by atoms with Gasteiger partial charge in [-0.25, -0.2) is 0 Å². The standard InChI is InChI=1S/C18H27N/c1-13-15(10-11-18(13)19-2)12-16-8-5-7-14-6-3-4-9-17(14)16/h3-4,6,9,13,15-16,18-19H,5,7-8,10-12H2,1-2H3. The maximum absolute atomic E-state index is 3.50. The van der Waals surface area contributed by atoms with Crippen LogP contribution in [-0.4, -0.2) is 13.1 Å². The number of nitrogens with one attached hydrogen (secondary N) is 1. The van der Waals surface area contributed by atoms with Crippen LogP contribution in [0.2, 0.25) is 0 Å². The molecule has 19 heavy (non-hydrogen) atoms. The Labute approximate surface area is 117 Å². The van der Waals surface area contributed by atoms with Crippen LogP contribution in [0.5, 0.6) is 0 Å². The second-order valence-corrected chi connectivity index (χ2v) is 6.62. The van der Waals surface area contributed by atoms with Gasteiger partial charge < -0.3 is 5.32 Å². The Morgan fingerprint density at radius 1 is 1.16 bits per heavy atom. The summed E-state index contributed by atoms with van der Waals surface area (Å²) in [5, 5.41) is 3.50. The maximum atomic E-state index is 3.50. The van der Waals surface area contributed by atoms with Crippen LogP contribution >= 0.6 is 0 Å². The molecule has 1 saturated carbocycles. The maximum Gasteiger partial charge on any atom is 0.00924 e. The zero-order valence-electron chi connectivity index (χ0n) is 12.4. The Morgan fingerprint density at radius 3 is 2.79 bits per heavy atom. The lowest BCUT2D eigenvalue weighted by Crippen LogP contribution is -2.29. The van der Waals surface area contributed by atoms with Crippen LogP contribution in [0.25, 0.3) is 0 Å². The Morgan fingerprint density at radius 2 is 2.00 bits per heavy atom. The van der Waals surface area contributed by atoms with Gasteiger partial charge in [-0.1, -0.05) is 31.2 Å². The van der Waals surface area contributed by atoms with Gasteiger partial charge in [0.2, 0.25) is 0 Å². The van der Waals surface area contributed by atoms with Gasteiger partial charge in [-0.05, 0) is 74.5 Å². The van der Waals surface area contributed by atoms with Gasteiger partial charge in [0.15, 0.2) is 0 Å². The number of fused-ring (bicyclic) bond motifs is 1. The zero-order chi connectivity index (χ0) is 13.2. The minimum Gasteiger partial charge on any atom is -0.317 e. The highest BCUT2D eigenvalue weighted by atomic mass is 14.9. The lowest BCUT2D eigenvalue weighted by Gasteiger charge is -2.30. The van der Waals surface area contributed by atoms with Crippen molar-refractivity contribution in [2.75, 3.05) is 7.05 Å². The summed E-state index contributed by atoms with van der Waals surface area (Å²) in [4.78, 5) is 0. The number of rotatable bonds is 3. The smallest absolute Gasteiger partial charge is 0.00924 e. The number of benzene rings is 1. The SMILES string of the molecule is CNC1CCC(CC2CCCc3ccccc32)C1C. The highest BCUT2D eigenvalue weighted by molar-refractivity contribution is 5.32. The summed E-state index contributed by atoms with van der Waals surface area (Å²) in [6.07, 6.45) is 8.30. The number of aryl methyl sites for hydroxylation is 1. The third kappa shape index (κ3) is 2.58. The molecule has 104 valence electrons. The van der Waals surface area contributed by atoms with E-state index in [9.17, 15) is 0 Å². The minimum absolute atomic E-state index is 0.754. The number of hydrogen-bond donors (Lipinski definition) is 1. The molecular weight excluding hydrogens is 230 g/mol. The molecule has 3 rings (SSSR count). The molecule has 0 saturated heterocycles. The van der Waals surface area contributed by atoms with E-state index in [1.807, 2.05) is 0 Å². The van der Waals surface area contributed by atoms with E-state index in [0.717, 1.165) is 23.8 Å². The van der Waals surface area contributed by atoms with Crippen molar-refractivity contribution in [3.63, 3.8) is 0 Å². The quantitative estimate of drug-likeness (QED) is 0.858. The van der Waals surface area contributed by atoms with E-state index in [2.05, 4.69) is 43.6 Å². The van der Waals surface area contributed by atoms with Gasteiger partial charge in [0.1, 0.15) is 0 Å². The average molecular weight is 257 g/mol. The molecule has 4 unspecified atom stereocenters. The second kappa shape index (κ2) is 5.66. The summed E-state index contributed by atoms with van der Waals surface area (Å²) in [5.74, 6) is 2.60. The normalized spacial score (nSPS) is 34.2. The topological polar surface area (TPSA) is 12.0 Å². The Hall–Kier alpha value is -0.820. The molecule has 1 aromatic carbocycles. The first-order valence-corrected chi connectivity index (χ1v) is 8.04. The fourth-order valence-electron chi connectivity index (χ4n) is 4.45. The Kier molecular flexibility index (Phi) is 3.93. The van der Waals surface area contributed by atoms with E-state index in [0.29, 0.717) is 0 Å². The monoisotopic (exact) mass is 257 g/mol. The van der Waals surface area contributed by atoms with Gasteiger partial charge in [0.05, 0.1) is 0 Å². The molecule has 2 aliphatic rings. The summed E-state index contributed by atoms with van der Waals surface area (Å²) < 4.78 is 0. The molecule has 1 aromatic rings. The third-order valence-corrected chi connectivity index (χ3v) is 5.68. The molecule has 1 nitrogen and oxygen atoms in total. The van der Waals surface area contributed by atoms with E-state index >= 15 is 0 Å². The predicted octanol–water partition coefficient (Wildman–Crippen LogP) is 4.13. The molecule has 4 atom stereocenters. The molecule has 0 bridgehead atoms. The van der Waals surface area contributed by atoms with Crippen molar-refractivity contribution >= 4 is 0 Å². The van der Waals surface area contributed by atoms with Gasteiger partial charge in [0, 0.05) is 6.04 Å². The van der Waals surface area contributed by atoms with E-state index in [-0.39, 0.29) is 0 Å². The summed E-state index contributed by atoms with van der Waals surface area (Å²) in [6.45, 7) is 2.45. The molecule has 0 spiro atoms. The van der Waals surface area contributed by atoms with Crippen LogP contribution in [-0.2, 0) is 6.42 Å². The summed E-state index contributed by atoms with van der Waals surface area (Å²) in [6, 6.07) is 9.91. The van der Waals surface area contributed by atoms with Crippen molar-refractivity contribution in [1.82, 2.24) is 5.32 Å². The molecule has 1 fully saturated rings. The van der Waals surface area contributed by atoms with Crippen LogP contribution < -0.4 is 5.32 Å². The first-order valence-electron chi connectivity index (χ1n) is 8.04. The molecule has 0 aliphatic heterocycles. The van der Waals surface area contributed by atoms with E-state index < -0.39 is 0 Å². The first-order chi connectivity index (χ1) is 9.29. The molecule has 1 heteroatoms. The van der Waals surface area contributed by atoms with Crippen molar-refractivity contribution in [2.24, 2.45) is 11.8 Å².